The topological polar surface area (TPSA) is 161 Å². The zero-order valence-electron chi connectivity index (χ0n) is 18.7. The number of ether oxygens (including phenoxy) is 3. The molecule has 2 aliphatic heterocycles. The molecule has 0 spiro atoms. The molecule has 2 aliphatic rings. The van der Waals surface area contributed by atoms with Crippen LogP contribution >= 0.6 is 0 Å². The van der Waals surface area contributed by atoms with Crippen molar-refractivity contribution >= 4 is 35.0 Å². The van der Waals surface area contributed by atoms with Gasteiger partial charge in [0.25, 0.3) is 0 Å². The van der Waals surface area contributed by atoms with Gasteiger partial charge in [0.2, 0.25) is 11.9 Å². The molecule has 0 saturated carbocycles. The fourth-order valence-corrected chi connectivity index (χ4v) is 4.21. The van der Waals surface area contributed by atoms with Crippen molar-refractivity contribution in [3.05, 3.63) is 16.7 Å². The number of nitrogens with zero attached hydrogens (tertiary/aromatic N) is 5. The first-order valence-corrected chi connectivity index (χ1v) is 10.8. The number of hydrogen-bond donors (Lipinski definition) is 1. The number of nitrogen functional groups attached to an aromatic ring is 1. The van der Waals surface area contributed by atoms with Gasteiger partial charge in [0.1, 0.15) is 24.8 Å². The lowest BCUT2D eigenvalue weighted by atomic mass is 10.1. The highest BCUT2D eigenvalue weighted by atomic mass is 19.1. The van der Waals surface area contributed by atoms with E-state index in [4.69, 9.17) is 19.9 Å². The van der Waals surface area contributed by atoms with E-state index in [0.29, 0.717) is 13.1 Å². The summed E-state index contributed by atoms with van der Waals surface area (Å²) in [4.78, 5) is 58.7. The van der Waals surface area contributed by atoms with E-state index < -0.39 is 48.8 Å². The number of esters is 2. The molecule has 14 heteroatoms. The van der Waals surface area contributed by atoms with Crippen LogP contribution in [-0.2, 0) is 35.1 Å². The van der Waals surface area contributed by atoms with Crippen LogP contribution in [-0.4, -0.2) is 79.9 Å². The van der Waals surface area contributed by atoms with Gasteiger partial charge < -0.3 is 24.8 Å². The second kappa shape index (κ2) is 9.37. The molecule has 184 valence electrons. The van der Waals surface area contributed by atoms with Gasteiger partial charge in [-0.25, -0.2) is 18.7 Å². The number of nitrogens with two attached hydrogens (primary N) is 1. The summed E-state index contributed by atoms with van der Waals surface area (Å²) in [5.41, 5.74) is 5.13. The lowest BCUT2D eigenvalue weighted by Crippen LogP contribution is -2.39. The number of anilines is 1. The third kappa shape index (κ3) is 4.44. The summed E-state index contributed by atoms with van der Waals surface area (Å²) >= 11 is 0. The SMILES string of the molecule is CC(=O)OC[C@H]1O[C@@H](n2c(=O)n(CC(=O)N3CCCC3)c3cnc(N)nc32)[C@H](OC(C)=O)[C@@H]1F. The van der Waals surface area contributed by atoms with Gasteiger partial charge in [-0.2, -0.15) is 4.98 Å². The maximum absolute atomic E-state index is 15.2. The maximum atomic E-state index is 15.2. The largest absolute Gasteiger partial charge is 0.463 e. The molecule has 2 fully saturated rings. The minimum absolute atomic E-state index is 0.0192. The molecule has 34 heavy (non-hydrogen) atoms. The van der Waals surface area contributed by atoms with Crippen LogP contribution in [0.4, 0.5) is 10.3 Å². The second-order valence-corrected chi connectivity index (χ2v) is 8.15. The fraction of sp³-hybridized carbons (Fsp3) is 0.600. The minimum atomic E-state index is -1.91. The van der Waals surface area contributed by atoms with Crippen LogP contribution in [0.1, 0.15) is 32.9 Å². The third-order valence-corrected chi connectivity index (χ3v) is 5.75. The van der Waals surface area contributed by atoms with Crippen molar-refractivity contribution in [1.29, 1.82) is 0 Å². The van der Waals surface area contributed by atoms with E-state index in [1.54, 1.807) is 4.90 Å². The molecule has 0 radical (unpaired) electrons. The van der Waals surface area contributed by atoms with Crippen LogP contribution in [0.3, 0.4) is 0 Å². The van der Waals surface area contributed by atoms with Gasteiger partial charge in [-0.3, -0.25) is 19.0 Å². The van der Waals surface area contributed by atoms with Gasteiger partial charge in [-0.05, 0) is 12.8 Å². The number of halogens is 1. The summed E-state index contributed by atoms with van der Waals surface area (Å²) in [6.45, 7) is 2.68. The van der Waals surface area contributed by atoms with Crippen molar-refractivity contribution in [3.8, 4) is 0 Å². The highest BCUT2D eigenvalue weighted by Crippen LogP contribution is 2.35. The Labute approximate surface area is 192 Å². The van der Waals surface area contributed by atoms with E-state index >= 15 is 4.39 Å². The van der Waals surface area contributed by atoms with Gasteiger partial charge in [0.05, 0.1) is 6.20 Å². The van der Waals surface area contributed by atoms with Gasteiger partial charge in [-0.15, -0.1) is 0 Å². The molecule has 0 aromatic carbocycles. The number of amides is 1. The summed E-state index contributed by atoms with van der Waals surface area (Å²) in [6, 6.07) is 0. The number of likely N-dealkylation sites (tertiary alicyclic amines) is 1. The van der Waals surface area contributed by atoms with E-state index in [9.17, 15) is 19.2 Å². The second-order valence-electron chi connectivity index (χ2n) is 8.15. The number of imidazole rings is 1. The number of carbonyl (C=O) groups is 3. The predicted molar refractivity (Wildman–Crippen MR) is 113 cm³/mol. The molecule has 0 bridgehead atoms. The van der Waals surface area contributed by atoms with Crippen molar-refractivity contribution in [2.24, 2.45) is 0 Å². The molecular weight excluding hydrogens is 455 g/mol. The molecule has 2 saturated heterocycles. The monoisotopic (exact) mass is 480 g/mol. The van der Waals surface area contributed by atoms with Crippen molar-refractivity contribution in [2.45, 2.75) is 57.8 Å². The first-order valence-electron chi connectivity index (χ1n) is 10.8. The number of rotatable bonds is 6. The van der Waals surface area contributed by atoms with Gasteiger partial charge >= 0.3 is 17.6 Å². The van der Waals surface area contributed by atoms with Crippen LogP contribution < -0.4 is 11.4 Å². The average molecular weight is 480 g/mol. The lowest BCUT2D eigenvalue weighted by Gasteiger charge is -2.20. The Balaban J connectivity index is 1.76. The van der Waals surface area contributed by atoms with E-state index in [1.807, 2.05) is 0 Å². The molecule has 2 aromatic rings. The molecule has 2 N–H and O–H groups in total. The number of carbonyl (C=O) groups excluding carboxylic acids is 3. The van der Waals surface area contributed by atoms with Crippen molar-refractivity contribution in [3.63, 3.8) is 0 Å². The van der Waals surface area contributed by atoms with E-state index in [2.05, 4.69) is 9.97 Å². The van der Waals surface area contributed by atoms with Crippen molar-refractivity contribution in [2.75, 3.05) is 25.4 Å². The zero-order valence-corrected chi connectivity index (χ0v) is 18.7. The Morgan fingerprint density at radius 2 is 1.94 bits per heavy atom. The Bertz CT molecular complexity index is 1170. The summed E-state index contributed by atoms with van der Waals surface area (Å²) < 4.78 is 33.0. The predicted octanol–water partition coefficient (Wildman–Crippen LogP) is -0.472. The van der Waals surface area contributed by atoms with Crippen LogP contribution in [0, 0.1) is 0 Å². The van der Waals surface area contributed by atoms with E-state index in [-0.39, 0.29) is 29.6 Å². The molecular formula is C20H25FN6O7. The lowest BCUT2D eigenvalue weighted by molar-refractivity contribution is -0.154. The Morgan fingerprint density at radius 1 is 1.24 bits per heavy atom. The van der Waals surface area contributed by atoms with Crippen molar-refractivity contribution in [1.82, 2.24) is 24.0 Å². The smallest absolute Gasteiger partial charge is 0.333 e. The Hall–Kier alpha value is -3.55. The van der Waals surface area contributed by atoms with Gasteiger partial charge in [0.15, 0.2) is 24.2 Å². The van der Waals surface area contributed by atoms with Crippen molar-refractivity contribution < 1.29 is 33.0 Å². The number of alkyl halides is 1. The standard InChI is InChI=1S/C20H25FN6O7/c1-10(28)32-9-13-15(21)16(33-11(2)29)18(34-13)27-17-12(7-23-19(22)24-17)26(20(27)31)8-14(30)25-5-3-4-6-25/h7,13,15-16,18H,3-6,8-9H2,1-2H3,(H2,22,23,24)/t13-,15-,16-,18-/m1/s1. The van der Waals surface area contributed by atoms with Gasteiger partial charge in [0, 0.05) is 26.9 Å². The number of fused-ring (bicyclic) bond motifs is 1. The minimum Gasteiger partial charge on any atom is -0.463 e. The molecule has 2 aromatic heterocycles. The molecule has 4 heterocycles. The number of aromatic nitrogens is 4. The van der Waals surface area contributed by atoms with Crippen LogP contribution in [0.25, 0.3) is 11.2 Å². The summed E-state index contributed by atoms with van der Waals surface area (Å²) in [5, 5.41) is 0. The highest BCUT2D eigenvalue weighted by Gasteiger charge is 2.50. The van der Waals surface area contributed by atoms with E-state index in [1.165, 1.54) is 6.20 Å². The van der Waals surface area contributed by atoms with Crippen LogP contribution in [0.15, 0.2) is 11.0 Å². The van der Waals surface area contributed by atoms with Crippen LogP contribution in [0.5, 0.6) is 0 Å². The normalized spacial score (nSPS) is 24.5. The van der Waals surface area contributed by atoms with Crippen LogP contribution in [0.2, 0.25) is 0 Å². The number of hydrogen-bond acceptors (Lipinski definition) is 10. The molecule has 4 atom stereocenters. The fourth-order valence-electron chi connectivity index (χ4n) is 4.21. The highest BCUT2D eigenvalue weighted by molar-refractivity contribution is 5.79. The molecule has 0 aliphatic carbocycles. The molecule has 13 nitrogen and oxygen atoms in total. The Kier molecular flexibility index (Phi) is 6.50. The summed E-state index contributed by atoms with van der Waals surface area (Å²) in [7, 11) is 0. The molecule has 1 amide bonds. The average Bonchev–Trinajstić information content (AvgIpc) is 3.46. The molecule has 4 rings (SSSR count). The zero-order chi connectivity index (χ0) is 24.6. The Morgan fingerprint density at radius 3 is 2.59 bits per heavy atom. The third-order valence-electron chi connectivity index (χ3n) is 5.75. The first-order chi connectivity index (χ1) is 16.2. The summed E-state index contributed by atoms with van der Waals surface area (Å²) in [6.07, 6.45) is -3.18. The quantitative estimate of drug-likeness (QED) is 0.535. The maximum Gasteiger partial charge on any atom is 0.333 e. The van der Waals surface area contributed by atoms with Gasteiger partial charge in [-0.1, -0.05) is 0 Å². The first kappa shape index (κ1) is 23.6. The van der Waals surface area contributed by atoms with E-state index in [0.717, 1.165) is 35.8 Å². The summed E-state index contributed by atoms with van der Waals surface area (Å²) in [5.74, 6) is -1.89. The molecule has 0 unspecified atom stereocenters.